The zero-order chi connectivity index (χ0) is 22.2. The molecule has 0 bridgehead atoms. The van der Waals surface area contributed by atoms with Crippen molar-refractivity contribution < 1.29 is 9.59 Å². The van der Waals surface area contributed by atoms with E-state index in [1.165, 1.54) is 12.8 Å². The van der Waals surface area contributed by atoms with Crippen LogP contribution in [0, 0.1) is 6.92 Å². The molecule has 0 aromatic heterocycles. The lowest BCUT2D eigenvalue weighted by atomic mass is 10.0. The van der Waals surface area contributed by atoms with E-state index in [2.05, 4.69) is 5.32 Å². The van der Waals surface area contributed by atoms with Crippen molar-refractivity contribution in [1.82, 2.24) is 10.2 Å². The maximum Gasteiger partial charge on any atom is 0.247 e. The Hall–Kier alpha value is -2.04. The van der Waals surface area contributed by atoms with Crippen molar-refractivity contribution in [1.29, 1.82) is 0 Å². The highest BCUT2D eigenvalue weighted by Crippen LogP contribution is 2.27. The molecule has 2 aromatic carbocycles. The van der Waals surface area contributed by atoms with Crippen LogP contribution in [0.25, 0.3) is 0 Å². The van der Waals surface area contributed by atoms with E-state index in [9.17, 15) is 9.59 Å². The van der Waals surface area contributed by atoms with Gasteiger partial charge in [-0.1, -0.05) is 79.2 Å². The summed E-state index contributed by atoms with van der Waals surface area (Å²) in [6.07, 6.45) is 6.59. The number of halogens is 2. The van der Waals surface area contributed by atoms with Crippen LogP contribution in [0.1, 0.15) is 61.3 Å². The van der Waals surface area contributed by atoms with Crippen LogP contribution in [0.15, 0.2) is 48.5 Å². The number of nitrogens with zero attached hydrogens (tertiary/aromatic N) is 1. The minimum atomic E-state index is -0.770. The molecule has 4 nitrogen and oxygen atoms in total. The summed E-state index contributed by atoms with van der Waals surface area (Å²) in [5.41, 5.74) is 2.81. The second-order valence-corrected chi connectivity index (χ2v) is 9.00. The molecule has 0 saturated heterocycles. The highest BCUT2D eigenvalue weighted by Gasteiger charge is 2.32. The van der Waals surface area contributed by atoms with E-state index in [0.717, 1.165) is 42.4 Å². The standard InChI is InChI=1S/C25H30Cl2N2O2/c1-18-8-10-19(11-9-18)17-29(23(30)16-26)24(20-12-14-21(27)15-13-20)25(31)28-22-6-4-2-3-5-7-22/h8-15,22,24H,2-7,16-17H2,1H3,(H,28,31)/t24-/m1/s1. The van der Waals surface area contributed by atoms with Gasteiger partial charge in [0.15, 0.2) is 0 Å². The van der Waals surface area contributed by atoms with Crippen LogP contribution in [-0.4, -0.2) is 28.6 Å². The number of nitrogens with one attached hydrogen (secondary N) is 1. The highest BCUT2D eigenvalue weighted by atomic mass is 35.5. The fourth-order valence-corrected chi connectivity index (χ4v) is 4.39. The smallest absolute Gasteiger partial charge is 0.247 e. The molecule has 6 heteroatoms. The third-order valence-electron chi connectivity index (χ3n) is 5.86. The molecule has 1 atom stereocenters. The fourth-order valence-electron chi connectivity index (χ4n) is 4.11. The van der Waals surface area contributed by atoms with Gasteiger partial charge >= 0.3 is 0 Å². The van der Waals surface area contributed by atoms with Gasteiger partial charge in [0.05, 0.1) is 0 Å². The van der Waals surface area contributed by atoms with Crippen molar-refractivity contribution in [3.8, 4) is 0 Å². The van der Waals surface area contributed by atoms with Gasteiger partial charge in [0.2, 0.25) is 11.8 Å². The van der Waals surface area contributed by atoms with E-state index in [4.69, 9.17) is 23.2 Å². The number of aryl methyl sites for hydroxylation is 1. The van der Waals surface area contributed by atoms with Crippen molar-refractivity contribution in [2.45, 2.75) is 64.1 Å². The van der Waals surface area contributed by atoms with Crippen LogP contribution in [0.5, 0.6) is 0 Å². The number of rotatable bonds is 7. The maximum absolute atomic E-state index is 13.5. The molecule has 1 saturated carbocycles. The Bertz CT molecular complexity index is 860. The van der Waals surface area contributed by atoms with Gasteiger partial charge in [-0.3, -0.25) is 9.59 Å². The van der Waals surface area contributed by atoms with E-state index < -0.39 is 6.04 Å². The van der Waals surface area contributed by atoms with Gasteiger partial charge in [0.25, 0.3) is 0 Å². The Morgan fingerprint density at radius 1 is 1.00 bits per heavy atom. The third-order valence-corrected chi connectivity index (χ3v) is 6.34. The second kappa shape index (κ2) is 11.5. The first-order chi connectivity index (χ1) is 15.0. The van der Waals surface area contributed by atoms with Crippen molar-refractivity contribution >= 4 is 35.0 Å². The van der Waals surface area contributed by atoms with E-state index in [-0.39, 0.29) is 23.7 Å². The van der Waals surface area contributed by atoms with E-state index >= 15 is 0 Å². The maximum atomic E-state index is 13.5. The number of amides is 2. The average Bonchev–Trinajstić information content (AvgIpc) is 3.04. The number of hydrogen-bond donors (Lipinski definition) is 1. The zero-order valence-corrected chi connectivity index (χ0v) is 19.5. The molecule has 1 aliphatic rings. The first kappa shape index (κ1) is 23.6. The van der Waals surface area contributed by atoms with Gasteiger partial charge < -0.3 is 10.2 Å². The van der Waals surface area contributed by atoms with E-state index in [1.54, 1.807) is 17.0 Å². The van der Waals surface area contributed by atoms with Gasteiger partial charge in [-0.05, 0) is 43.0 Å². The minimum absolute atomic E-state index is 0.136. The monoisotopic (exact) mass is 460 g/mol. The molecule has 31 heavy (non-hydrogen) atoms. The lowest BCUT2D eigenvalue weighted by molar-refractivity contribution is -0.140. The van der Waals surface area contributed by atoms with Gasteiger partial charge in [0, 0.05) is 17.6 Å². The Morgan fingerprint density at radius 3 is 2.19 bits per heavy atom. The summed E-state index contributed by atoms with van der Waals surface area (Å²) < 4.78 is 0. The summed E-state index contributed by atoms with van der Waals surface area (Å²) >= 11 is 12.1. The molecule has 0 spiro atoms. The lowest BCUT2D eigenvalue weighted by Gasteiger charge is -2.32. The predicted molar refractivity (Wildman–Crippen MR) is 126 cm³/mol. The van der Waals surface area contributed by atoms with Crippen molar-refractivity contribution in [2.75, 3.05) is 5.88 Å². The summed E-state index contributed by atoms with van der Waals surface area (Å²) in [6.45, 7) is 2.32. The molecule has 0 radical (unpaired) electrons. The second-order valence-electron chi connectivity index (χ2n) is 8.29. The van der Waals surface area contributed by atoms with Gasteiger partial charge in [0.1, 0.15) is 11.9 Å². The molecular weight excluding hydrogens is 431 g/mol. The number of benzene rings is 2. The molecule has 0 unspecified atom stereocenters. The highest BCUT2D eigenvalue weighted by molar-refractivity contribution is 6.30. The number of hydrogen-bond acceptors (Lipinski definition) is 2. The van der Waals surface area contributed by atoms with Crippen LogP contribution >= 0.6 is 23.2 Å². The normalized spacial score (nSPS) is 15.7. The van der Waals surface area contributed by atoms with Crippen LogP contribution < -0.4 is 5.32 Å². The van der Waals surface area contributed by atoms with Crippen LogP contribution in [0.3, 0.4) is 0 Å². The summed E-state index contributed by atoms with van der Waals surface area (Å²) in [5, 5.41) is 3.80. The van der Waals surface area contributed by atoms with Gasteiger partial charge in [-0.25, -0.2) is 0 Å². The summed E-state index contributed by atoms with van der Waals surface area (Å²) in [5.74, 6) is -0.634. The Balaban J connectivity index is 1.92. The Labute approximate surface area is 194 Å². The Morgan fingerprint density at radius 2 is 1.61 bits per heavy atom. The fraction of sp³-hybridized carbons (Fsp3) is 0.440. The zero-order valence-electron chi connectivity index (χ0n) is 17.9. The lowest BCUT2D eigenvalue weighted by Crippen LogP contribution is -2.46. The van der Waals surface area contributed by atoms with E-state index in [1.807, 2.05) is 43.3 Å². The first-order valence-corrected chi connectivity index (χ1v) is 11.9. The summed E-state index contributed by atoms with van der Waals surface area (Å²) in [4.78, 5) is 28.0. The predicted octanol–water partition coefficient (Wildman–Crippen LogP) is 5.80. The molecule has 3 rings (SSSR count). The topological polar surface area (TPSA) is 49.4 Å². The molecule has 2 aromatic rings. The van der Waals surface area contributed by atoms with Crippen LogP contribution in [0.2, 0.25) is 5.02 Å². The average molecular weight is 461 g/mol. The summed E-state index contributed by atoms with van der Waals surface area (Å²) in [7, 11) is 0. The molecule has 0 aliphatic heterocycles. The molecular formula is C25H30Cl2N2O2. The largest absolute Gasteiger partial charge is 0.351 e. The number of carbonyl (C=O) groups is 2. The van der Waals surface area contributed by atoms with Crippen molar-refractivity contribution in [3.63, 3.8) is 0 Å². The quantitative estimate of drug-likeness (QED) is 0.419. The third kappa shape index (κ3) is 6.72. The molecule has 1 aliphatic carbocycles. The molecule has 166 valence electrons. The van der Waals surface area contributed by atoms with Crippen molar-refractivity contribution in [3.05, 3.63) is 70.2 Å². The van der Waals surface area contributed by atoms with Crippen LogP contribution in [0.4, 0.5) is 0 Å². The minimum Gasteiger partial charge on any atom is -0.351 e. The van der Waals surface area contributed by atoms with Crippen molar-refractivity contribution in [2.24, 2.45) is 0 Å². The Kier molecular flexibility index (Phi) is 8.79. The van der Waals surface area contributed by atoms with Gasteiger partial charge in [-0.2, -0.15) is 0 Å². The SMILES string of the molecule is Cc1ccc(CN(C(=O)CCl)[C@@H](C(=O)NC2CCCCCC2)c2ccc(Cl)cc2)cc1. The van der Waals surface area contributed by atoms with Crippen LogP contribution in [-0.2, 0) is 16.1 Å². The molecule has 1 fully saturated rings. The van der Waals surface area contributed by atoms with Gasteiger partial charge in [-0.15, -0.1) is 11.6 Å². The molecule has 0 heterocycles. The van der Waals surface area contributed by atoms with E-state index in [0.29, 0.717) is 11.6 Å². The molecule has 1 N–H and O–H groups in total. The number of alkyl halides is 1. The number of carbonyl (C=O) groups excluding carboxylic acids is 2. The first-order valence-electron chi connectivity index (χ1n) is 10.9. The summed E-state index contributed by atoms with van der Waals surface area (Å²) in [6, 6.07) is 14.4. The molecule has 2 amide bonds.